The van der Waals surface area contributed by atoms with Crippen LogP contribution in [-0.4, -0.2) is 85.6 Å². The summed E-state index contributed by atoms with van der Waals surface area (Å²) in [4.78, 5) is 19.5. The van der Waals surface area contributed by atoms with Gasteiger partial charge in [-0.1, -0.05) is 12.8 Å². The zero-order valence-corrected chi connectivity index (χ0v) is 16.4. The molecule has 1 aliphatic carbocycles. The molecule has 7 heteroatoms. The molecule has 0 spiro atoms. The maximum absolute atomic E-state index is 12.3. The van der Waals surface area contributed by atoms with Gasteiger partial charge in [0.1, 0.15) is 0 Å². The molecule has 2 saturated heterocycles. The number of rotatable bonds is 4. The van der Waals surface area contributed by atoms with Crippen LogP contribution in [-0.2, 0) is 4.79 Å². The second-order valence-corrected chi connectivity index (χ2v) is 7.05. The second-order valence-electron chi connectivity index (χ2n) is 7.05. The quantitative estimate of drug-likeness (QED) is 0.803. The van der Waals surface area contributed by atoms with Crippen molar-refractivity contribution in [2.45, 2.75) is 44.6 Å². The summed E-state index contributed by atoms with van der Waals surface area (Å²) in [6.07, 6.45) is 7.61. The Morgan fingerprint density at radius 1 is 0.875 bits per heavy atom. The number of nitrogens with zero attached hydrogens (tertiary/aromatic N) is 3. The van der Waals surface area contributed by atoms with Gasteiger partial charge in [-0.2, -0.15) is 0 Å². The molecule has 1 amide bonds. The number of carbonyl (C=O) groups excluding carboxylic acids is 1. The van der Waals surface area contributed by atoms with Gasteiger partial charge in [-0.3, -0.25) is 9.69 Å². The minimum atomic E-state index is 0. The SMILES string of the molecule is Cl.Cl.O=C(CCN1CCCN(C2CCCC2)CC1)N1CCNCC1. The Kier molecular flexibility index (Phi) is 10.6. The molecule has 2 heterocycles. The first-order chi connectivity index (χ1) is 10.8. The van der Waals surface area contributed by atoms with Crippen LogP contribution in [0.3, 0.4) is 0 Å². The molecule has 3 fully saturated rings. The van der Waals surface area contributed by atoms with Crippen molar-refractivity contribution in [3.05, 3.63) is 0 Å². The largest absolute Gasteiger partial charge is 0.340 e. The topological polar surface area (TPSA) is 38.8 Å². The minimum Gasteiger partial charge on any atom is -0.340 e. The Bertz CT molecular complexity index is 360. The van der Waals surface area contributed by atoms with Crippen LogP contribution in [0, 0.1) is 0 Å². The molecule has 3 aliphatic rings. The number of carbonyl (C=O) groups is 1. The molecule has 142 valence electrons. The van der Waals surface area contributed by atoms with Gasteiger partial charge in [0.25, 0.3) is 0 Å². The van der Waals surface area contributed by atoms with Gasteiger partial charge in [-0.15, -0.1) is 24.8 Å². The smallest absolute Gasteiger partial charge is 0.223 e. The fourth-order valence-corrected chi connectivity index (χ4v) is 4.18. The van der Waals surface area contributed by atoms with Crippen molar-refractivity contribution in [1.29, 1.82) is 0 Å². The third-order valence-corrected chi connectivity index (χ3v) is 5.58. The van der Waals surface area contributed by atoms with Crippen LogP contribution < -0.4 is 5.32 Å². The molecular formula is C17H34Cl2N4O. The van der Waals surface area contributed by atoms with Gasteiger partial charge >= 0.3 is 0 Å². The van der Waals surface area contributed by atoms with E-state index in [2.05, 4.69) is 15.1 Å². The average molecular weight is 381 g/mol. The lowest BCUT2D eigenvalue weighted by Gasteiger charge is -2.29. The third-order valence-electron chi connectivity index (χ3n) is 5.58. The van der Waals surface area contributed by atoms with Gasteiger partial charge in [0.15, 0.2) is 0 Å². The Hall–Kier alpha value is -0.0700. The van der Waals surface area contributed by atoms with Crippen LogP contribution in [0.2, 0.25) is 0 Å². The Labute approximate surface area is 159 Å². The van der Waals surface area contributed by atoms with E-state index in [9.17, 15) is 4.79 Å². The molecule has 0 aromatic heterocycles. The lowest BCUT2D eigenvalue weighted by molar-refractivity contribution is -0.132. The number of nitrogens with one attached hydrogen (secondary N) is 1. The van der Waals surface area contributed by atoms with E-state index in [1.54, 1.807) is 0 Å². The Morgan fingerprint density at radius 2 is 1.58 bits per heavy atom. The first-order valence-corrected chi connectivity index (χ1v) is 9.28. The van der Waals surface area contributed by atoms with E-state index in [-0.39, 0.29) is 24.8 Å². The van der Waals surface area contributed by atoms with Crippen LogP contribution in [0.1, 0.15) is 38.5 Å². The average Bonchev–Trinajstić information content (AvgIpc) is 2.99. The van der Waals surface area contributed by atoms with Crippen LogP contribution in [0.4, 0.5) is 0 Å². The summed E-state index contributed by atoms with van der Waals surface area (Å²) >= 11 is 0. The van der Waals surface area contributed by atoms with Crippen molar-refractivity contribution in [1.82, 2.24) is 20.0 Å². The lowest BCUT2D eigenvalue weighted by Crippen LogP contribution is -2.47. The summed E-state index contributed by atoms with van der Waals surface area (Å²) in [6.45, 7) is 9.38. The van der Waals surface area contributed by atoms with E-state index in [1.807, 2.05) is 4.90 Å². The van der Waals surface area contributed by atoms with Crippen LogP contribution in [0.25, 0.3) is 0 Å². The molecule has 1 N–H and O–H groups in total. The summed E-state index contributed by atoms with van der Waals surface area (Å²) in [5.41, 5.74) is 0. The summed E-state index contributed by atoms with van der Waals surface area (Å²) in [5.74, 6) is 0.346. The zero-order valence-electron chi connectivity index (χ0n) is 14.8. The summed E-state index contributed by atoms with van der Waals surface area (Å²) in [5, 5.41) is 3.31. The summed E-state index contributed by atoms with van der Waals surface area (Å²) in [6, 6.07) is 0.849. The van der Waals surface area contributed by atoms with Gasteiger partial charge in [0.05, 0.1) is 0 Å². The van der Waals surface area contributed by atoms with E-state index in [0.29, 0.717) is 12.3 Å². The monoisotopic (exact) mass is 380 g/mol. The highest BCUT2D eigenvalue weighted by atomic mass is 35.5. The van der Waals surface area contributed by atoms with Crippen LogP contribution in [0.5, 0.6) is 0 Å². The Balaban J connectivity index is 0.00000144. The number of amides is 1. The molecule has 24 heavy (non-hydrogen) atoms. The predicted octanol–water partition coefficient (Wildman–Crippen LogP) is 1.60. The van der Waals surface area contributed by atoms with Crippen molar-refractivity contribution in [3.8, 4) is 0 Å². The number of hydrogen-bond donors (Lipinski definition) is 1. The molecule has 0 aromatic rings. The summed E-state index contributed by atoms with van der Waals surface area (Å²) < 4.78 is 0. The van der Waals surface area contributed by atoms with E-state index < -0.39 is 0 Å². The Morgan fingerprint density at radius 3 is 2.29 bits per heavy atom. The lowest BCUT2D eigenvalue weighted by atomic mass is 10.2. The highest BCUT2D eigenvalue weighted by molar-refractivity contribution is 5.85. The molecule has 5 nitrogen and oxygen atoms in total. The molecule has 0 aromatic carbocycles. The number of hydrogen-bond acceptors (Lipinski definition) is 4. The van der Waals surface area contributed by atoms with E-state index in [4.69, 9.17) is 0 Å². The van der Waals surface area contributed by atoms with Gasteiger partial charge in [0.2, 0.25) is 5.91 Å². The van der Waals surface area contributed by atoms with Crippen molar-refractivity contribution in [2.24, 2.45) is 0 Å². The van der Waals surface area contributed by atoms with Gasteiger partial charge in [-0.25, -0.2) is 0 Å². The molecule has 0 atom stereocenters. The van der Waals surface area contributed by atoms with E-state index >= 15 is 0 Å². The van der Waals surface area contributed by atoms with Crippen molar-refractivity contribution >= 4 is 30.7 Å². The van der Waals surface area contributed by atoms with Crippen molar-refractivity contribution in [3.63, 3.8) is 0 Å². The fraction of sp³-hybridized carbons (Fsp3) is 0.941. The van der Waals surface area contributed by atoms with Gasteiger partial charge < -0.3 is 15.1 Å². The zero-order chi connectivity index (χ0) is 15.2. The summed E-state index contributed by atoms with van der Waals surface area (Å²) in [7, 11) is 0. The fourth-order valence-electron chi connectivity index (χ4n) is 4.18. The third kappa shape index (κ3) is 6.34. The standard InChI is InChI=1S/C17H32N4O.2ClH/c22-17(21-12-7-18-8-13-21)6-11-19-9-3-10-20(15-14-19)16-4-1-2-5-16;;/h16,18H,1-15H2;2*1H. The maximum Gasteiger partial charge on any atom is 0.223 e. The minimum absolute atomic E-state index is 0. The molecule has 3 rings (SSSR count). The van der Waals surface area contributed by atoms with Crippen LogP contribution >= 0.6 is 24.8 Å². The number of halogens is 2. The normalized spacial score (nSPS) is 24.1. The highest BCUT2D eigenvalue weighted by Gasteiger charge is 2.25. The van der Waals surface area contributed by atoms with Crippen molar-refractivity contribution < 1.29 is 4.79 Å². The molecular weight excluding hydrogens is 347 g/mol. The number of piperazine rings is 1. The van der Waals surface area contributed by atoms with Gasteiger partial charge in [0, 0.05) is 58.3 Å². The highest BCUT2D eigenvalue weighted by Crippen LogP contribution is 2.24. The first kappa shape index (κ1) is 22.0. The predicted molar refractivity (Wildman–Crippen MR) is 103 cm³/mol. The van der Waals surface area contributed by atoms with Crippen molar-refractivity contribution in [2.75, 3.05) is 58.9 Å². The second kappa shape index (κ2) is 11.5. The molecule has 0 bridgehead atoms. The molecule has 0 radical (unpaired) electrons. The van der Waals surface area contributed by atoms with E-state index in [0.717, 1.165) is 51.9 Å². The van der Waals surface area contributed by atoms with E-state index in [1.165, 1.54) is 45.2 Å². The first-order valence-electron chi connectivity index (χ1n) is 9.28. The molecule has 1 saturated carbocycles. The molecule has 2 aliphatic heterocycles. The molecule has 0 unspecified atom stereocenters. The maximum atomic E-state index is 12.3. The van der Waals surface area contributed by atoms with Crippen LogP contribution in [0.15, 0.2) is 0 Å². The van der Waals surface area contributed by atoms with Gasteiger partial charge in [-0.05, 0) is 32.4 Å².